The van der Waals surface area contributed by atoms with E-state index in [4.69, 9.17) is 14.3 Å². The quantitative estimate of drug-likeness (QED) is 0.716. The summed E-state index contributed by atoms with van der Waals surface area (Å²) in [5, 5.41) is 8.39. The lowest BCUT2D eigenvalue weighted by molar-refractivity contribution is -0.137. The van der Waals surface area contributed by atoms with E-state index in [9.17, 15) is 4.79 Å². The molecular weight excluding hydrogens is 194 g/mol. The van der Waals surface area contributed by atoms with Crippen LogP contribution in [0.15, 0.2) is 22.1 Å². The Hall–Kier alpha value is -1.01. The average molecular weight is 203 g/mol. The van der Waals surface area contributed by atoms with E-state index in [2.05, 4.69) is 4.98 Å². The normalized spacial score (nSPS) is 12.7. The molecule has 1 aromatic heterocycles. The van der Waals surface area contributed by atoms with Crippen molar-refractivity contribution in [2.75, 3.05) is 13.7 Å². The van der Waals surface area contributed by atoms with Gasteiger partial charge in [0.05, 0.1) is 12.8 Å². The Balaban J connectivity index is 2.52. The number of hydrogen-bond acceptors (Lipinski definition) is 5. The number of ether oxygens (including phenoxy) is 1. The summed E-state index contributed by atoms with van der Waals surface area (Å²) >= 11 is 1.03. The Kier molecular flexibility index (Phi) is 3.78. The molecule has 0 saturated carbocycles. The zero-order valence-electron chi connectivity index (χ0n) is 6.97. The molecular formula is C7H9NO4S. The number of carbonyl (C=O) groups is 1. The summed E-state index contributed by atoms with van der Waals surface area (Å²) in [6.07, 6.45) is 2.86. The van der Waals surface area contributed by atoms with Crippen molar-refractivity contribution in [2.24, 2.45) is 0 Å². The molecule has 72 valence electrons. The van der Waals surface area contributed by atoms with Crippen molar-refractivity contribution in [1.82, 2.24) is 4.98 Å². The number of methoxy groups -OCH3 is 1. The Labute approximate surface area is 79.1 Å². The Morgan fingerprint density at radius 1 is 1.92 bits per heavy atom. The maximum absolute atomic E-state index is 10.6. The van der Waals surface area contributed by atoms with Crippen LogP contribution in [0.5, 0.6) is 0 Å². The number of thioether (sulfide) groups is 1. The van der Waals surface area contributed by atoms with Crippen molar-refractivity contribution >= 4 is 17.7 Å². The van der Waals surface area contributed by atoms with E-state index in [1.165, 1.54) is 19.6 Å². The van der Waals surface area contributed by atoms with Gasteiger partial charge in [-0.15, -0.1) is 0 Å². The molecule has 0 aliphatic rings. The van der Waals surface area contributed by atoms with Crippen LogP contribution in [0.25, 0.3) is 0 Å². The van der Waals surface area contributed by atoms with Crippen molar-refractivity contribution in [2.45, 2.75) is 10.5 Å². The standard InChI is InChI=1S/C7H9NO4S/c1-11-4-5(6(9)10)13-7-8-2-3-12-7/h2-3,5H,4H2,1H3,(H,9,10). The maximum atomic E-state index is 10.6. The molecule has 1 atom stereocenters. The van der Waals surface area contributed by atoms with Crippen LogP contribution < -0.4 is 0 Å². The second-order valence-electron chi connectivity index (χ2n) is 2.20. The second kappa shape index (κ2) is 4.88. The minimum Gasteiger partial charge on any atom is -0.480 e. The first-order valence-corrected chi connectivity index (χ1v) is 4.40. The highest BCUT2D eigenvalue weighted by Crippen LogP contribution is 2.21. The van der Waals surface area contributed by atoms with Crippen LogP contribution in [0.1, 0.15) is 0 Å². The van der Waals surface area contributed by atoms with Crippen molar-refractivity contribution in [3.8, 4) is 0 Å². The number of oxazole rings is 1. The molecule has 6 heteroatoms. The molecule has 0 saturated heterocycles. The van der Waals surface area contributed by atoms with Crippen LogP contribution in [0.4, 0.5) is 0 Å². The zero-order chi connectivity index (χ0) is 9.68. The fourth-order valence-corrected chi connectivity index (χ4v) is 1.48. The number of aliphatic carboxylic acids is 1. The molecule has 1 aromatic rings. The number of aromatic nitrogens is 1. The minimum absolute atomic E-state index is 0.127. The van der Waals surface area contributed by atoms with Crippen LogP contribution in [0.2, 0.25) is 0 Å². The van der Waals surface area contributed by atoms with Crippen molar-refractivity contribution in [3.63, 3.8) is 0 Å². The first-order chi connectivity index (χ1) is 6.24. The molecule has 0 amide bonds. The molecule has 1 unspecified atom stereocenters. The highest BCUT2D eigenvalue weighted by molar-refractivity contribution is 8.00. The fourth-order valence-electron chi connectivity index (χ4n) is 0.697. The summed E-state index contributed by atoms with van der Waals surface area (Å²) < 4.78 is 9.64. The van der Waals surface area contributed by atoms with Gasteiger partial charge in [-0.1, -0.05) is 0 Å². The maximum Gasteiger partial charge on any atom is 0.319 e. The lowest BCUT2D eigenvalue weighted by Gasteiger charge is -2.06. The number of rotatable bonds is 5. The van der Waals surface area contributed by atoms with Crippen LogP contribution in [0, 0.1) is 0 Å². The van der Waals surface area contributed by atoms with Gasteiger partial charge in [-0.2, -0.15) is 0 Å². The molecule has 13 heavy (non-hydrogen) atoms. The third-order valence-corrected chi connectivity index (χ3v) is 2.27. The van der Waals surface area contributed by atoms with E-state index >= 15 is 0 Å². The predicted molar refractivity (Wildman–Crippen MR) is 45.7 cm³/mol. The topological polar surface area (TPSA) is 72.6 Å². The summed E-state index contributed by atoms with van der Waals surface area (Å²) in [4.78, 5) is 14.4. The molecule has 0 spiro atoms. The van der Waals surface area contributed by atoms with E-state index in [1.807, 2.05) is 0 Å². The van der Waals surface area contributed by atoms with E-state index in [-0.39, 0.29) is 6.61 Å². The van der Waals surface area contributed by atoms with E-state index in [1.54, 1.807) is 0 Å². The van der Waals surface area contributed by atoms with Gasteiger partial charge in [-0.05, 0) is 11.8 Å². The predicted octanol–water partition coefficient (Wildman–Crippen LogP) is 0.866. The van der Waals surface area contributed by atoms with E-state index in [0.717, 1.165) is 11.8 Å². The van der Waals surface area contributed by atoms with Gasteiger partial charge in [-0.3, -0.25) is 4.79 Å². The molecule has 0 fully saturated rings. The van der Waals surface area contributed by atoms with Gasteiger partial charge >= 0.3 is 5.97 Å². The van der Waals surface area contributed by atoms with Gasteiger partial charge in [0, 0.05) is 7.11 Å². The summed E-state index contributed by atoms with van der Waals surface area (Å²) in [5.41, 5.74) is 0. The Morgan fingerprint density at radius 3 is 3.15 bits per heavy atom. The van der Waals surface area contributed by atoms with Gasteiger partial charge < -0.3 is 14.3 Å². The number of hydrogen-bond donors (Lipinski definition) is 1. The van der Waals surface area contributed by atoms with Crippen molar-refractivity contribution < 1.29 is 19.1 Å². The Morgan fingerprint density at radius 2 is 2.69 bits per heavy atom. The monoisotopic (exact) mass is 203 g/mol. The molecule has 5 nitrogen and oxygen atoms in total. The van der Waals surface area contributed by atoms with Crippen LogP contribution >= 0.6 is 11.8 Å². The molecule has 0 bridgehead atoms. The summed E-state index contributed by atoms with van der Waals surface area (Å²) in [7, 11) is 1.45. The van der Waals surface area contributed by atoms with Gasteiger partial charge in [0.15, 0.2) is 0 Å². The molecule has 0 aliphatic carbocycles. The molecule has 0 aromatic carbocycles. The second-order valence-corrected chi connectivity index (χ2v) is 3.35. The number of carboxylic acids is 1. The number of nitrogens with zero attached hydrogens (tertiary/aromatic N) is 1. The summed E-state index contributed by atoms with van der Waals surface area (Å²) in [6.45, 7) is 0.127. The molecule has 1 N–H and O–H groups in total. The van der Waals surface area contributed by atoms with Gasteiger partial charge in [0.25, 0.3) is 5.22 Å². The van der Waals surface area contributed by atoms with Crippen molar-refractivity contribution in [3.05, 3.63) is 12.5 Å². The minimum atomic E-state index is -0.940. The first kappa shape index (κ1) is 10.1. The summed E-state index contributed by atoms with van der Waals surface area (Å²) in [5.74, 6) is -0.940. The zero-order valence-corrected chi connectivity index (χ0v) is 7.78. The Bertz CT molecular complexity index is 261. The van der Waals surface area contributed by atoms with Gasteiger partial charge in [0.1, 0.15) is 11.5 Å². The molecule has 1 rings (SSSR count). The third-order valence-electron chi connectivity index (χ3n) is 1.25. The molecule has 0 radical (unpaired) electrons. The third kappa shape index (κ3) is 3.08. The highest BCUT2D eigenvalue weighted by Gasteiger charge is 2.20. The first-order valence-electron chi connectivity index (χ1n) is 3.52. The smallest absolute Gasteiger partial charge is 0.319 e. The molecule has 0 aliphatic heterocycles. The number of carboxylic acid groups (broad SMARTS) is 1. The average Bonchev–Trinajstić information content (AvgIpc) is 2.56. The van der Waals surface area contributed by atoms with Crippen LogP contribution in [0.3, 0.4) is 0 Å². The lowest BCUT2D eigenvalue weighted by Crippen LogP contribution is -2.21. The SMILES string of the molecule is COCC(Sc1ncco1)C(=O)O. The lowest BCUT2D eigenvalue weighted by atomic mass is 10.5. The van der Waals surface area contributed by atoms with Gasteiger partial charge in [-0.25, -0.2) is 4.98 Å². The van der Waals surface area contributed by atoms with Crippen molar-refractivity contribution in [1.29, 1.82) is 0 Å². The van der Waals surface area contributed by atoms with E-state index < -0.39 is 11.2 Å². The van der Waals surface area contributed by atoms with Gasteiger partial charge in [0.2, 0.25) is 0 Å². The van der Waals surface area contributed by atoms with E-state index in [0.29, 0.717) is 5.22 Å². The van der Waals surface area contributed by atoms with Crippen LogP contribution in [-0.2, 0) is 9.53 Å². The summed E-state index contributed by atoms with van der Waals surface area (Å²) in [6, 6.07) is 0. The highest BCUT2D eigenvalue weighted by atomic mass is 32.2. The molecule has 1 heterocycles. The fraction of sp³-hybridized carbons (Fsp3) is 0.429. The van der Waals surface area contributed by atoms with Crippen LogP contribution in [-0.4, -0.2) is 35.0 Å². The largest absolute Gasteiger partial charge is 0.480 e.